The Bertz CT molecular complexity index is 872. The fourth-order valence-corrected chi connectivity index (χ4v) is 3.24. The van der Waals surface area contributed by atoms with Crippen LogP contribution >= 0.6 is 0 Å². The van der Waals surface area contributed by atoms with Gasteiger partial charge in [-0.05, 0) is 37.2 Å². The predicted octanol–water partition coefficient (Wildman–Crippen LogP) is -1.17. The Morgan fingerprint density at radius 1 is 1.00 bits per heavy atom. The second-order valence-corrected chi connectivity index (χ2v) is 8.61. The SMILES string of the molecule is CC(C)CC(NC(=O)C(N)Cc1ccccc1)C(=O)NCC(=O)NC(CCCN=C(N)N)C(=O)O. The van der Waals surface area contributed by atoms with Gasteiger partial charge in [0.15, 0.2) is 5.96 Å². The number of benzene rings is 1. The Morgan fingerprint density at radius 3 is 2.23 bits per heavy atom. The Balaban J connectivity index is 2.62. The molecule has 1 aromatic carbocycles. The van der Waals surface area contributed by atoms with Crippen LogP contribution in [0, 0.1) is 5.92 Å². The first kappa shape index (κ1) is 29.4. The standard InChI is InChI=1S/C23H37N7O5/c1-14(2)11-18(30-20(32)16(24)12-15-7-4-3-5-8-15)21(33)28-13-19(31)29-17(22(34)35)9-6-10-27-23(25)26/h3-5,7-8,14,16-18H,6,9-13,24H2,1-2H3,(H,28,33)(H,29,31)(H,30,32)(H,34,35)(H4,25,26,27). The lowest BCUT2D eigenvalue weighted by atomic mass is 10.0. The van der Waals surface area contributed by atoms with Crippen LogP contribution in [0.2, 0.25) is 0 Å². The van der Waals surface area contributed by atoms with Crippen molar-refractivity contribution >= 4 is 29.7 Å². The summed E-state index contributed by atoms with van der Waals surface area (Å²) in [4.78, 5) is 52.7. The molecule has 3 unspecified atom stereocenters. The maximum absolute atomic E-state index is 12.7. The van der Waals surface area contributed by atoms with E-state index in [1.165, 1.54) is 0 Å². The Hall–Kier alpha value is -3.67. The molecule has 0 aliphatic heterocycles. The molecule has 0 heterocycles. The molecule has 10 N–H and O–H groups in total. The molecule has 0 aromatic heterocycles. The van der Waals surface area contributed by atoms with Gasteiger partial charge in [0, 0.05) is 6.54 Å². The van der Waals surface area contributed by atoms with E-state index >= 15 is 0 Å². The zero-order valence-electron chi connectivity index (χ0n) is 20.2. The van der Waals surface area contributed by atoms with Crippen LogP contribution in [0.15, 0.2) is 35.3 Å². The molecule has 0 spiro atoms. The number of hydrogen-bond acceptors (Lipinski definition) is 6. The summed E-state index contributed by atoms with van der Waals surface area (Å²) in [5.74, 6) is -2.96. The van der Waals surface area contributed by atoms with Gasteiger partial charge in [0.1, 0.15) is 12.1 Å². The zero-order chi connectivity index (χ0) is 26.4. The van der Waals surface area contributed by atoms with Crippen molar-refractivity contribution in [1.82, 2.24) is 16.0 Å². The number of carbonyl (C=O) groups excluding carboxylic acids is 3. The van der Waals surface area contributed by atoms with E-state index in [2.05, 4.69) is 20.9 Å². The average Bonchev–Trinajstić information content (AvgIpc) is 2.78. The molecule has 12 nitrogen and oxygen atoms in total. The number of nitrogens with zero attached hydrogens (tertiary/aromatic N) is 1. The first-order valence-electron chi connectivity index (χ1n) is 11.4. The summed E-state index contributed by atoms with van der Waals surface area (Å²) in [7, 11) is 0. The summed E-state index contributed by atoms with van der Waals surface area (Å²) >= 11 is 0. The molecule has 3 amide bonds. The van der Waals surface area contributed by atoms with Gasteiger partial charge in [-0.3, -0.25) is 19.4 Å². The van der Waals surface area contributed by atoms with Gasteiger partial charge in [-0.1, -0.05) is 44.2 Å². The maximum Gasteiger partial charge on any atom is 0.326 e. The summed E-state index contributed by atoms with van der Waals surface area (Å²) in [6.45, 7) is 3.56. The number of carboxylic acids is 1. The summed E-state index contributed by atoms with van der Waals surface area (Å²) in [5.41, 5.74) is 17.3. The molecule has 194 valence electrons. The van der Waals surface area contributed by atoms with E-state index in [9.17, 15) is 24.3 Å². The molecule has 0 fully saturated rings. The fourth-order valence-electron chi connectivity index (χ4n) is 3.24. The van der Waals surface area contributed by atoms with Gasteiger partial charge in [-0.25, -0.2) is 4.79 Å². The Labute approximate surface area is 205 Å². The molecule has 0 bridgehead atoms. The Morgan fingerprint density at radius 2 is 1.66 bits per heavy atom. The van der Waals surface area contributed by atoms with Crippen LogP contribution in [0.1, 0.15) is 38.7 Å². The first-order chi connectivity index (χ1) is 16.5. The van der Waals surface area contributed by atoms with Gasteiger partial charge in [0.05, 0.1) is 12.6 Å². The van der Waals surface area contributed by atoms with E-state index in [0.29, 0.717) is 19.3 Å². The second-order valence-electron chi connectivity index (χ2n) is 8.61. The van der Waals surface area contributed by atoms with E-state index in [4.69, 9.17) is 17.2 Å². The molecular formula is C23H37N7O5. The van der Waals surface area contributed by atoms with Gasteiger partial charge >= 0.3 is 5.97 Å². The van der Waals surface area contributed by atoms with Crippen LogP contribution in [-0.2, 0) is 25.6 Å². The molecule has 35 heavy (non-hydrogen) atoms. The lowest BCUT2D eigenvalue weighted by Gasteiger charge is -2.22. The number of carboxylic acid groups (broad SMARTS) is 1. The second kappa shape index (κ2) is 15.3. The van der Waals surface area contributed by atoms with Crippen LogP contribution in [0.25, 0.3) is 0 Å². The topological polar surface area (TPSA) is 215 Å². The van der Waals surface area contributed by atoms with Crippen molar-refractivity contribution in [1.29, 1.82) is 0 Å². The number of guanidine groups is 1. The molecule has 1 aromatic rings. The maximum atomic E-state index is 12.7. The normalized spacial score (nSPS) is 13.3. The van der Waals surface area contributed by atoms with Crippen molar-refractivity contribution in [2.45, 2.75) is 57.7 Å². The third-order valence-electron chi connectivity index (χ3n) is 4.98. The van der Waals surface area contributed by atoms with E-state index in [1.54, 1.807) is 0 Å². The summed E-state index contributed by atoms with van der Waals surface area (Å²) in [5, 5.41) is 16.8. The van der Waals surface area contributed by atoms with Crippen molar-refractivity contribution in [2.75, 3.05) is 13.1 Å². The number of amides is 3. The summed E-state index contributed by atoms with van der Waals surface area (Å²) in [6.07, 6.45) is 1.09. The molecule has 12 heteroatoms. The Kier molecular flexibility index (Phi) is 12.8. The zero-order valence-corrected chi connectivity index (χ0v) is 20.2. The third kappa shape index (κ3) is 12.4. The van der Waals surface area contributed by atoms with Gasteiger partial charge in [0.2, 0.25) is 17.7 Å². The third-order valence-corrected chi connectivity index (χ3v) is 4.98. The highest BCUT2D eigenvalue weighted by Gasteiger charge is 2.26. The van der Waals surface area contributed by atoms with Crippen LogP contribution in [0.4, 0.5) is 0 Å². The minimum atomic E-state index is -1.22. The summed E-state index contributed by atoms with van der Waals surface area (Å²) in [6, 6.07) is 6.36. The number of nitrogens with one attached hydrogen (secondary N) is 3. The number of nitrogens with two attached hydrogens (primary N) is 3. The highest BCUT2D eigenvalue weighted by molar-refractivity contribution is 5.92. The predicted molar refractivity (Wildman–Crippen MR) is 132 cm³/mol. The van der Waals surface area contributed by atoms with Crippen LogP contribution < -0.4 is 33.2 Å². The largest absolute Gasteiger partial charge is 0.480 e. The molecule has 0 saturated carbocycles. The molecule has 0 radical (unpaired) electrons. The van der Waals surface area contributed by atoms with Crippen molar-refractivity contribution < 1.29 is 24.3 Å². The number of aliphatic carboxylic acids is 1. The molecule has 0 saturated heterocycles. The van der Waals surface area contributed by atoms with Gasteiger partial charge < -0.3 is 38.3 Å². The molecular weight excluding hydrogens is 454 g/mol. The van der Waals surface area contributed by atoms with Gasteiger partial charge in [0.25, 0.3) is 0 Å². The fraction of sp³-hybridized carbons (Fsp3) is 0.522. The van der Waals surface area contributed by atoms with Crippen LogP contribution in [0.5, 0.6) is 0 Å². The van der Waals surface area contributed by atoms with Crippen LogP contribution in [0.3, 0.4) is 0 Å². The van der Waals surface area contributed by atoms with Crippen molar-refractivity contribution in [2.24, 2.45) is 28.1 Å². The molecule has 1 rings (SSSR count). The quantitative estimate of drug-likeness (QED) is 0.0898. The lowest BCUT2D eigenvalue weighted by molar-refractivity contribution is -0.142. The monoisotopic (exact) mass is 491 g/mol. The van der Waals surface area contributed by atoms with Crippen molar-refractivity contribution in [3.63, 3.8) is 0 Å². The van der Waals surface area contributed by atoms with Gasteiger partial charge in [-0.2, -0.15) is 0 Å². The highest BCUT2D eigenvalue weighted by atomic mass is 16.4. The number of carbonyl (C=O) groups is 4. The minimum absolute atomic E-state index is 0.0758. The number of aliphatic imine (C=N–C) groups is 1. The van der Waals surface area contributed by atoms with E-state index in [0.717, 1.165) is 5.56 Å². The number of hydrogen-bond donors (Lipinski definition) is 7. The van der Waals surface area contributed by atoms with E-state index in [-0.39, 0.29) is 24.8 Å². The van der Waals surface area contributed by atoms with Gasteiger partial charge in [-0.15, -0.1) is 0 Å². The smallest absolute Gasteiger partial charge is 0.326 e. The van der Waals surface area contributed by atoms with E-state index < -0.39 is 48.4 Å². The van der Waals surface area contributed by atoms with Crippen molar-refractivity contribution in [3.05, 3.63) is 35.9 Å². The number of rotatable bonds is 15. The average molecular weight is 492 g/mol. The van der Waals surface area contributed by atoms with E-state index in [1.807, 2.05) is 44.2 Å². The minimum Gasteiger partial charge on any atom is -0.480 e. The first-order valence-corrected chi connectivity index (χ1v) is 11.4. The van der Waals surface area contributed by atoms with Crippen LogP contribution in [-0.4, -0.2) is 66.0 Å². The lowest BCUT2D eigenvalue weighted by Crippen LogP contribution is -2.54. The highest BCUT2D eigenvalue weighted by Crippen LogP contribution is 2.07. The molecule has 0 aliphatic carbocycles. The van der Waals surface area contributed by atoms with Crippen molar-refractivity contribution in [3.8, 4) is 0 Å². The summed E-state index contributed by atoms with van der Waals surface area (Å²) < 4.78 is 0. The molecule has 0 aliphatic rings. The molecule has 3 atom stereocenters.